The number of methoxy groups -OCH3 is 4. The summed E-state index contributed by atoms with van der Waals surface area (Å²) in [5.74, 6) is -2.39. The Morgan fingerprint density at radius 3 is 0.833 bits per heavy atom. The normalized spacial score (nSPS) is 11.2. The largest absolute Gasteiger partial charge is 0.464 e. The van der Waals surface area contributed by atoms with Crippen molar-refractivity contribution in [3.8, 4) is 44.5 Å². The Morgan fingerprint density at radius 1 is 0.396 bits per heavy atom. The number of rotatable bonds is 4. The number of ether oxygens (including phenoxy) is 4. The van der Waals surface area contributed by atoms with Gasteiger partial charge in [0.1, 0.15) is 0 Å². The van der Waals surface area contributed by atoms with Crippen molar-refractivity contribution in [1.29, 1.82) is 0 Å². The quantitative estimate of drug-likeness (QED) is 0.171. The second kappa shape index (κ2) is 11.7. The van der Waals surface area contributed by atoms with E-state index in [2.05, 4.69) is 20.4 Å². The van der Waals surface area contributed by atoms with Crippen LogP contribution in [0.5, 0.6) is 0 Å². The summed E-state index contributed by atoms with van der Waals surface area (Å²) in [5.41, 5.74) is 5.91. The van der Waals surface area contributed by atoms with E-state index in [0.29, 0.717) is 22.3 Å². The first kappa shape index (κ1) is 30.1. The molecule has 2 aromatic heterocycles. The van der Waals surface area contributed by atoms with Crippen molar-refractivity contribution >= 4 is 45.4 Å². The van der Waals surface area contributed by atoms with Crippen LogP contribution in [0.2, 0.25) is 0 Å². The van der Waals surface area contributed by atoms with E-state index in [9.17, 15) is 19.2 Å². The van der Waals surface area contributed by atoms with Gasteiger partial charge < -0.3 is 18.9 Å². The molecule has 0 unspecified atom stereocenters. The first-order valence-electron chi connectivity index (χ1n) is 14.5. The van der Waals surface area contributed by atoms with Gasteiger partial charge >= 0.3 is 23.9 Å². The van der Waals surface area contributed by atoms with Gasteiger partial charge in [-0.25, -0.2) is 19.2 Å². The molecule has 2 aliphatic carbocycles. The fraction of sp³-hybridized carbons (Fsp3) is 0.111. The van der Waals surface area contributed by atoms with E-state index in [-0.39, 0.29) is 22.8 Å². The third kappa shape index (κ3) is 4.37. The number of fused-ring (bicyclic) bond motifs is 6. The Balaban J connectivity index is 0.000000152. The number of hydrogen-bond acceptors (Lipinski definition) is 12. The van der Waals surface area contributed by atoms with Gasteiger partial charge in [0, 0.05) is 22.3 Å². The van der Waals surface area contributed by atoms with E-state index in [0.717, 1.165) is 43.8 Å². The molecule has 12 nitrogen and oxygen atoms in total. The van der Waals surface area contributed by atoms with Crippen molar-refractivity contribution in [3.05, 3.63) is 95.6 Å². The van der Waals surface area contributed by atoms with Crippen molar-refractivity contribution in [3.63, 3.8) is 0 Å². The summed E-state index contributed by atoms with van der Waals surface area (Å²) in [6.07, 6.45) is 0. The third-order valence-electron chi connectivity index (χ3n) is 8.35. The number of nitrogens with zero attached hydrogens (tertiary/aromatic N) is 4. The second-order valence-corrected chi connectivity index (χ2v) is 10.7. The summed E-state index contributed by atoms with van der Waals surface area (Å²) >= 11 is 0. The lowest BCUT2D eigenvalue weighted by molar-refractivity contribution is 0.0575. The average Bonchev–Trinajstić information content (AvgIpc) is 3.66. The lowest BCUT2D eigenvalue weighted by atomic mass is 10.0. The van der Waals surface area contributed by atoms with Crippen LogP contribution in [0.15, 0.2) is 72.8 Å². The van der Waals surface area contributed by atoms with Crippen molar-refractivity contribution in [2.45, 2.75) is 0 Å². The van der Waals surface area contributed by atoms with E-state index in [1.807, 2.05) is 72.8 Å². The number of benzene rings is 4. The number of carbonyl (C=O) groups excluding carboxylic acids is 4. The van der Waals surface area contributed by atoms with Crippen molar-refractivity contribution in [2.75, 3.05) is 28.4 Å². The molecular formula is C36H24N4O8. The molecule has 4 aromatic carbocycles. The fourth-order valence-electron chi connectivity index (χ4n) is 6.40. The Labute approximate surface area is 272 Å². The van der Waals surface area contributed by atoms with Gasteiger partial charge in [-0.15, -0.1) is 20.4 Å². The molecule has 0 bridgehead atoms. The van der Waals surface area contributed by atoms with Crippen molar-refractivity contribution in [1.82, 2.24) is 20.4 Å². The molecule has 0 saturated carbocycles. The monoisotopic (exact) mass is 640 g/mol. The maximum absolute atomic E-state index is 12.2. The van der Waals surface area contributed by atoms with Crippen LogP contribution in [0.25, 0.3) is 66.1 Å². The number of esters is 4. The smallest absolute Gasteiger partial charge is 0.359 e. The Morgan fingerprint density at radius 2 is 0.625 bits per heavy atom. The molecular weight excluding hydrogens is 616 g/mol. The molecule has 0 fully saturated rings. The average molecular weight is 641 g/mol. The van der Waals surface area contributed by atoms with Gasteiger partial charge in [0.2, 0.25) is 0 Å². The van der Waals surface area contributed by atoms with Gasteiger partial charge in [-0.1, -0.05) is 72.8 Å². The summed E-state index contributed by atoms with van der Waals surface area (Å²) in [5, 5.41) is 19.7. The highest BCUT2D eigenvalue weighted by molar-refractivity contribution is 6.22. The van der Waals surface area contributed by atoms with E-state index in [4.69, 9.17) is 18.9 Å². The highest BCUT2D eigenvalue weighted by Gasteiger charge is 2.35. The third-order valence-corrected chi connectivity index (χ3v) is 8.35. The fourth-order valence-corrected chi connectivity index (χ4v) is 6.40. The zero-order valence-corrected chi connectivity index (χ0v) is 26.0. The molecule has 0 atom stereocenters. The van der Waals surface area contributed by atoms with Gasteiger partial charge in [0.05, 0.1) is 28.4 Å². The molecule has 6 aromatic rings. The second-order valence-electron chi connectivity index (χ2n) is 10.7. The molecule has 2 heterocycles. The standard InChI is InChI=1S/2C18H12N2O4/c2*1-23-17(21)15-13-10-7-3-5-9-6-4-8-11(12(9)10)14(13)16(20-19-15)18(22)24-2/h2*3-8H,1-2H3. The first-order valence-corrected chi connectivity index (χ1v) is 14.5. The van der Waals surface area contributed by atoms with Gasteiger partial charge in [-0.05, 0) is 43.8 Å². The summed E-state index contributed by atoms with van der Waals surface area (Å²) < 4.78 is 19.3. The molecule has 8 rings (SSSR count). The van der Waals surface area contributed by atoms with E-state index in [1.165, 1.54) is 28.4 Å². The summed E-state index contributed by atoms with van der Waals surface area (Å²) in [6.45, 7) is 0. The lowest BCUT2D eigenvalue weighted by Crippen LogP contribution is -2.14. The number of hydrogen-bond donors (Lipinski definition) is 0. The van der Waals surface area contributed by atoms with E-state index >= 15 is 0 Å². The molecule has 0 radical (unpaired) electrons. The van der Waals surface area contributed by atoms with Crippen LogP contribution in [-0.2, 0) is 18.9 Å². The molecule has 0 aliphatic heterocycles. The minimum atomic E-state index is -0.597. The van der Waals surface area contributed by atoms with Crippen LogP contribution in [0, 0.1) is 0 Å². The molecule has 0 N–H and O–H groups in total. The Bertz CT molecular complexity index is 2070. The van der Waals surface area contributed by atoms with Gasteiger partial charge in [-0.3, -0.25) is 0 Å². The topological polar surface area (TPSA) is 157 Å². The van der Waals surface area contributed by atoms with Crippen LogP contribution in [-0.4, -0.2) is 72.7 Å². The zero-order chi connectivity index (χ0) is 33.7. The molecule has 2 aliphatic rings. The maximum Gasteiger partial charge on any atom is 0.359 e. The van der Waals surface area contributed by atoms with Crippen LogP contribution in [0.3, 0.4) is 0 Å². The van der Waals surface area contributed by atoms with E-state index in [1.54, 1.807) is 0 Å². The summed E-state index contributed by atoms with van der Waals surface area (Å²) in [4.78, 5) is 48.6. The number of carbonyl (C=O) groups is 4. The van der Waals surface area contributed by atoms with Crippen LogP contribution < -0.4 is 0 Å². The van der Waals surface area contributed by atoms with E-state index < -0.39 is 23.9 Å². The molecule has 48 heavy (non-hydrogen) atoms. The lowest BCUT2D eigenvalue weighted by Gasteiger charge is -2.09. The molecule has 12 heteroatoms. The predicted octanol–water partition coefficient (Wildman–Crippen LogP) is 5.70. The number of aromatic nitrogens is 4. The molecule has 0 saturated heterocycles. The van der Waals surface area contributed by atoms with Crippen LogP contribution in [0.4, 0.5) is 0 Å². The maximum atomic E-state index is 12.2. The Hall–Kier alpha value is -6.56. The molecule has 0 spiro atoms. The van der Waals surface area contributed by atoms with Gasteiger partial charge in [-0.2, -0.15) is 0 Å². The predicted molar refractivity (Wildman–Crippen MR) is 173 cm³/mol. The minimum absolute atomic E-state index is 0.0869. The molecule has 236 valence electrons. The SMILES string of the molecule is COC(=O)c1nnc(C(=O)OC)c2c1-c1cccc3cccc-2c13.COC(=O)c1nnc(C(=O)OC)c2c1-c1cccc3cccc-2c13. The van der Waals surface area contributed by atoms with Gasteiger partial charge in [0.25, 0.3) is 0 Å². The Kier molecular flexibility index (Phi) is 7.32. The highest BCUT2D eigenvalue weighted by atomic mass is 16.5. The summed E-state index contributed by atoms with van der Waals surface area (Å²) in [6, 6.07) is 23.1. The summed E-state index contributed by atoms with van der Waals surface area (Å²) in [7, 11) is 5.14. The van der Waals surface area contributed by atoms with Crippen LogP contribution >= 0.6 is 0 Å². The zero-order valence-electron chi connectivity index (χ0n) is 26.0. The minimum Gasteiger partial charge on any atom is -0.464 e. The van der Waals surface area contributed by atoms with Crippen molar-refractivity contribution in [2.24, 2.45) is 0 Å². The molecule has 0 amide bonds. The van der Waals surface area contributed by atoms with Gasteiger partial charge in [0.15, 0.2) is 22.8 Å². The first-order chi connectivity index (χ1) is 23.3. The van der Waals surface area contributed by atoms with Crippen molar-refractivity contribution < 1.29 is 38.1 Å². The van der Waals surface area contributed by atoms with Crippen LogP contribution in [0.1, 0.15) is 42.0 Å². The highest BCUT2D eigenvalue weighted by Crippen LogP contribution is 2.50.